The lowest BCUT2D eigenvalue weighted by Crippen LogP contribution is -2.07. The van der Waals surface area contributed by atoms with Gasteiger partial charge in [-0.3, -0.25) is 0 Å². The number of hydrogen-bond acceptors (Lipinski definition) is 0. The molecule has 0 amide bonds. The lowest BCUT2D eigenvalue weighted by Gasteiger charge is -2.12. The van der Waals surface area contributed by atoms with Gasteiger partial charge in [0.2, 0.25) is 0 Å². The molecule has 0 unspecified atom stereocenters. The zero-order valence-corrected chi connectivity index (χ0v) is 9.55. The van der Waals surface area contributed by atoms with E-state index in [1.165, 1.54) is 37.3 Å². The number of aryl methyl sites for hydroxylation is 1. The van der Waals surface area contributed by atoms with Crippen LogP contribution in [0.2, 0.25) is 0 Å². The maximum atomic E-state index is 12.8. The minimum absolute atomic E-state index is 0.174. The fourth-order valence-electron chi connectivity index (χ4n) is 1.75. The molecule has 18 heavy (non-hydrogen) atoms. The molecule has 2 aromatic carbocycles. The molecule has 0 radical (unpaired) electrons. The van der Waals surface area contributed by atoms with Gasteiger partial charge in [-0.15, -0.1) is 0 Å². The Kier molecular flexibility index (Phi) is 3.11. The summed E-state index contributed by atoms with van der Waals surface area (Å²) in [4.78, 5) is 0. The molecular formula is C14H10F4. The summed E-state index contributed by atoms with van der Waals surface area (Å²) in [6.07, 6.45) is -4.37. The van der Waals surface area contributed by atoms with Crippen molar-refractivity contribution < 1.29 is 17.6 Å². The largest absolute Gasteiger partial charge is 0.416 e. The molecule has 0 aliphatic heterocycles. The van der Waals surface area contributed by atoms with Crippen LogP contribution in [-0.2, 0) is 6.18 Å². The van der Waals surface area contributed by atoms with E-state index in [2.05, 4.69) is 0 Å². The molecule has 0 spiro atoms. The van der Waals surface area contributed by atoms with Crippen LogP contribution < -0.4 is 0 Å². The predicted molar refractivity (Wildman–Crippen MR) is 61.6 cm³/mol. The van der Waals surface area contributed by atoms with Crippen molar-refractivity contribution in [3.63, 3.8) is 0 Å². The van der Waals surface area contributed by atoms with Gasteiger partial charge in [-0.25, -0.2) is 4.39 Å². The molecule has 94 valence electrons. The molecule has 0 saturated heterocycles. The minimum Gasteiger partial charge on any atom is -0.207 e. The Hall–Kier alpha value is -1.84. The van der Waals surface area contributed by atoms with Crippen molar-refractivity contribution in [1.82, 2.24) is 0 Å². The summed E-state index contributed by atoms with van der Waals surface area (Å²) in [5.74, 6) is -0.415. The first-order chi connectivity index (χ1) is 8.38. The van der Waals surface area contributed by atoms with Crippen molar-refractivity contribution in [3.8, 4) is 11.1 Å². The van der Waals surface area contributed by atoms with Crippen molar-refractivity contribution in [2.24, 2.45) is 0 Å². The second-order valence-electron chi connectivity index (χ2n) is 4.03. The zero-order chi connectivity index (χ0) is 13.3. The fourth-order valence-corrected chi connectivity index (χ4v) is 1.75. The van der Waals surface area contributed by atoms with Gasteiger partial charge in [-0.1, -0.05) is 24.3 Å². The number of hydrogen-bond donors (Lipinski definition) is 0. The van der Waals surface area contributed by atoms with Crippen molar-refractivity contribution in [1.29, 1.82) is 0 Å². The summed E-state index contributed by atoms with van der Waals surface area (Å²) in [6, 6.07) is 9.47. The maximum absolute atomic E-state index is 12.8. The fraction of sp³-hybridized carbons (Fsp3) is 0.143. The van der Waals surface area contributed by atoms with Crippen LogP contribution >= 0.6 is 0 Å². The molecule has 2 aromatic rings. The first-order valence-electron chi connectivity index (χ1n) is 5.32. The Bertz CT molecular complexity index is 553. The van der Waals surface area contributed by atoms with Gasteiger partial charge in [0.05, 0.1) is 5.56 Å². The average Bonchev–Trinajstić information content (AvgIpc) is 2.29. The van der Waals surface area contributed by atoms with Crippen LogP contribution in [0.5, 0.6) is 0 Å². The standard InChI is InChI=1S/C14H10F4/c1-9-2-3-11(8-13(9)14(16,17)18)10-4-6-12(15)7-5-10/h2-8H,1H3. The van der Waals surface area contributed by atoms with E-state index in [9.17, 15) is 17.6 Å². The van der Waals surface area contributed by atoms with Gasteiger partial charge in [-0.2, -0.15) is 13.2 Å². The molecule has 0 bridgehead atoms. The Labute approximate surface area is 102 Å². The Balaban J connectivity index is 2.50. The predicted octanol–water partition coefficient (Wildman–Crippen LogP) is 4.82. The molecule has 0 aromatic heterocycles. The third kappa shape index (κ3) is 2.53. The summed E-state index contributed by atoms with van der Waals surface area (Å²) >= 11 is 0. The Morgan fingerprint density at radius 2 is 1.39 bits per heavy atom. The van der Waals surface area contributed by atoms with Gasteiger partial charge in [0.15, 0.2) is 0 Å². The van der Waals surface area contributed by atoms with E-state index in [4.69, 9.17) is 0 Å². The highest BCUT2D eigenvalue weighted by Gasteiger charge is 2.32. The van der Waals surface area contributed by atoms with E-state index in [1.54, 1.807) is 6.07 Å². The van der Waals surface area contributed by atoms with Crippen molar-refractivity contribution in [3.05, 3.63) is 59.4 Å². The van der Waals surface area contributed by atoms with E-state index in [0.29, 0.717) is 11.1 Å². The molecule has 0 fully saturated rings. The monoisotopic (exact) mass is 254 g/mol. The number of halogens is 4. The van der Waals surface area contributed by atoms with Gasteiger partial charge in [0.1, 0.15) is 5.82 Å². The Morgan fingerprint density at radius 3 is 1.94 bits per heavy atom. The second kappa shape index (κ2) is 4.44. The molecular weight excluding hydrogens is 244 g/mol. The normalized spacial score (nSPS) is 11.6. The highest BCUT2D eigenvalue weighted by Crippen LogP contribution is 2.34. The molecule has 0 aliphatic carbocycles. The quantitative estimate of drug-likeness (QED) is 0.640. The van der Waals surface area contributed by atoms with Crippen LogP contribution in [0.25, 0.3) is 11.1 Å². The third-order valence-corrected chi connectivity index (χ3v) is 2.72. The van der Waals surface area contributed by atoms with E-state index in [-0.39, 0.29) is 5.56 Å². The van der Waals surface area contributed by atoms with Crippen molar-refractivity contribution >= 4 is 0 Å². The smallest absolute Gasteiger partial charge is 0.207 e. The van der Waals surface area contributed by atoms with Gasteiger partial charge >= 0.3 is 6.18 Å². The number of benzene rings is 2. The van der Waals surface area contributed by atoms with Crippen LogP contribution in [0.3, 0.4) is 0 Å². The SMILES string of the molecule is Cc1ccc(-c2ccc(F)cc2)cc1C(F)(F)F. The lowest BCUT2D eigenvalue weighted by molar-refractivity contribution is -0.138. The Morgan fingerprint density at radius 1 is 0.833 bits per heavy atom. The topological polar surface area (TPSA) is 0 Å². The van der Waals surface area contributed by atoms with Crippen molar-refractivity contribution in [2.75, 3.05) is 0 Å². The minimum atomic E-state index is -4.37. The molecule has 0 heterocycles. The van der Waals surface area contributed by atoms with E-state index < -0.39 is 17.6 Å². The van der Waals surface area contributed by atoms with Crippen LogP contribution in [-0.4, -0.2) is 0 Å². The zero-order valence-electron chi connectivity index (χ0n) is 9.55. The summed E-state index contributed by atoms with van der Waals surface area (Å²) < 4.78 is 51.0. The molecule has 2 rings (SSSR count). The van der Waals surface area contributed by atoms with E-state index in [1.807, 2.05) is 0 Å². The van der Waals surface area contributed by atoms with Crippen LogP contribution in [0.4, 0.5) is 17.6 Å². The summed E-state index contributed by atoms with van der Waals surface area (Å²) in [7, 11) is 0. The van der Waals surface area contributed by atoms with Crippen LogP contribution in [0, 0.1) is 12.7 Å². The third-order valence-electron chi connectivity index (χ3n) is 2.72. The van der Waals surface area contributed by atoms with Crippen molar-refractivity contribution in [2.45, 2.75) is 13.1 Å². The molecule has 4 heteroatoms. The number of alkyl halides is 3. The summed E-state index contributed by atoms with van der Waals surface area (Å²) in [6.45, 7) is 1.41. The molecule has 0 N–H and O–H groups in total. The highest BCUT2D eigenvalue weighted by molar-refractivity contribution is 5.65. The first kappa shape index (κ1) is 12.6. The van der Waals surface area contributed by atoms with Crippen LogP contribution in [0.15, 0.2) is 42.5 Å². The van der Waals surface area contributed by atoms with Gasteiger partial charge in [-0.05, 0) is 41.8 Å². The number of rotatable bonds is 1. The molecule has 0 aliphatic rings. The average molecular weight is 254 g/mol. The molecule has 0 saturated carbocycles. The van der Waals surface area contributed by atoms with Crippen LogP contribution in [0.1, 0.15) is 11.1 Å². The summed E-state index contributed by atoms with van der Waals surface area (Å²) in [5, 5.41) is 0. The second-order valence-corrected chi connectivity index (χ2v) is 4.03. The summed E-state index contributed by atoms with van der Waals surface area (Å²) in [5.41, 5.74) is 0.493. The van der Waals surface area contributed by atoms with E-state index >= 15 is 0 Å². The van der Waals surface area contributed by atoms with E-state index in [0.717, 1.165) is 6.07 Å². The highest BCUT2D eigenvalue weighted by atomic mass is 19.4. The van der Waals surface area contributed by atoms with Gasteiger partial charge < -0.3 is 0 Å². The van der Waals surface area contributed by atoms with Gasteiger partial charge in [0.25, 0.3) is 0 Å². The molecule has 0 atom stereocenters. The molecule has 0 nitrogen and oxygen atoms in total. The first-order valence-corrected chi connectivity index (χ1v) is 5.32. The van der Waals surface area contributed by atoms with Gasteiger partial charge in [0, 0.05) is 0 Å². The lowest BCUT2D eigenvalue weighted by atomic mass is 9.99. The maximum Gasteiger partial charge on any atom is 0.416 e.